The molecule has 0 unspecified atom stereocenters. The van der Waals surface area contributed by atoms with Gasteiger partial charge >= 0.3 is 0 Å². The normalized spacial score (nSPS) is 10.5. The van der Waals surface area contributed by atoms with Crippen molar-refractivity contribution in [3.63, 3.8) is 0 Å². The van der Waals surface area contributed by atoms with Crippen LogP contribution < -0.4 is 5.32 Å². The molecule has 1 aromatic rings. The number of halogens is 1. The minimum Gasteiger partial charge on any atom is -0.314 e. The van der Waals surface area contributed by atoms with Gasteiger partial charge in [0.2, 0.25) is 0 Å². The standard InChI is InChI=1S/C7H11BrN2S/c1-3-6-10-5(4-9-2)7(8)11-6/h9H,3-4H2,1-2H3. The Morgan fingerprint density at radius 2 is 2.36 bits per heavy atom. The molecule has 0 saturated carbocycles. The van der Waals surface area contributed by atoms with Crippen molar-refractivity contribution in [2.75, 3.05) is 7.05 Å². The minimum absolute atomic E-state index is 0.844. The molecule has 0 bridgehead atoms. The maximum absolute atomic E-state index is 4.43. The Hall–Kier alpha value is 0.0700. The maximum atomic E-state index is 4.43. The van der Waals surface area contributed by atoms with Gasteiger partial charge in [-0.3, -0.25) is 0 Å². The monoisotopic (exact) mass is 234 g/mol. The number of hydrogen-bond acceptors (Lipinski definition) is 3. The largest absolute Gasteiger partial charge is 0.314 e. The average molecular weight is 235 g/mol. The summed E-state index contributed by atoms with van der Waals surface area (Å²) < 4.78 is 1.16. The van der Waals surface area contributed by atoms with Gasteiger partial charge in [-0.25, -0.2) is 4.98 Å². The van der Waals surface area contributed by atoms with Gasteiger partial charge in [0.1, 0.15) is 0 Å². The van der Waals surface area contributed by atoms with E-state index in [-0.39, 0.29) is 0 Å². The van der Waals surface area contributed by atoms with Gasteiger partial charge in [0.05, 0.1) is 14.5 Å². The second-order valence-electron chi connectivity index (χ2n) is 2.21. The van der Waals surface area contributed by atoms with E-state index in [1.54, 1.807) is 11.3 Å². The van der Waals surface area contributed by atoms with Crippen LogP contribution in [-0.4, -0.2) is 12.0 Å². The Bertz CT molecular complexity index is 234. The van der Waals surface area contributed by atoms with Gasteiger partial charge in [-0.05, 0) is 29.4 Å². The van der Waals surface area contributed by atoms with Crippen molar-refractivity contribution in [1.29, 1.82) is 0 Å². The van der Waals surface area contributed by atoms with Gasteiger partial charge in [0, 0.05) is 6.54 Å². The van der Waals surface area contributed by atoms with E-state index in [2.05, 4.69) is 33.2 Å². The molecule has 1 heterocycles. The van der Waals surface area contributed by atoms with Crippen molar-refractivity contribution in [3.05, 3.63) is 14.5 Å². The van der Waals surface area contributed by atoms with E-state index < -0.39 is 0 Å². The van der Waals surface area contributed by atoms with Gasteiger partial charge in [-0.15, -0.1) is 11.3 Å². The summed E-state index contributed by atoms with van der Waals surface area (Å²) in [5, 5.41) is 4.27. The first kappa shape index (κ1) is 9.16. The van der Waals surface area contributed by atoms with E-state index in [1.807, 2.05) is 7.05 Å². The Kier molecular flexibility index (Phi) is 3.48. The fourth-order valence-corrected chi connectivity index (χ4v) is 2.34. The topological polar surface area (TPSA) is 24.9 Å². The van der Waals surface area contributed by atoms with Crippen molar-refractivity contribution in [1.82, 2.24) is 10.3 Å². The van der Waals surface area contributed by atoms with Crippen LogP contribution in [0.1, 0.15) is 17.6 Å². The zero-order chi connectivity index (χ0) is 8.27. The molecule has 62 valence electrons. The van der Waals surface area contributed by atoms with E-state index in [4.69, 9.17) is 0 Å². The highest BCUT2D eigenvalue weighted by Gasteiger charge is 2.05. The van der Waals surface area contributed by atoms with E-state index >= 15 is 0 Å². The van der Waals surface area contributed by atoms with Gasteiger partial charge in [0.25, 0.3) is 0 Å². The third-order valence-electron chi connectivity index (χ3n) is 1.34. The molecule has 0 aliphatic rings. The molecule has 0 aliphatic heterocycles. The molecule has 0 aliphatic carbocycles. The zero-order valence-corrected chi connectivity index (χ0v) is 9.05. The van der Waals surface area contributed by atoms with Crippen LogP contribution >= 0.6 is 27.3 Å². The van der Waals surface area contributed by atoms with Crippen molar-refractivity contribution >= 4 is 27.3 Å². The SMILES string of the molecule is CCc1nc(CNC)c(Br)s1. The van der Waals surface area contributed by atoms with Crippen LogP contribution in [0, 0.1) is 0 Å². The van der Waals surface area contributed by atoms with Gasteiger partial charge in [-0.1, -0.05) is 6.92 Å². The van der Waals surface area contributed by atoms with Crippen molar-refractivity contribution in [2.45, 2.75) is 19.9 Å². The molecule has 4 heteroatoms. The molecular weight excluding hydrogens is 224 g/mol. The summed E-state index contributed by atoms with van der Waals surface area (Å²) in [7, 11) is 1.93. The lowest BCUT2D eigenvalue weighted by Crippen LogP contribution is -2.05. The number of thiazole rings is 1. The van der Waals surface area contributed by atoms with Crippen LogP contribution in [0.25, 0.3) is 0 Å². The molecular formula is C7H11BrN2S. The number of rotatable bonds is 3. The lowest BCUT2D eigenvalue weighted by molar-refractivity contribution is 0.789. The smallest absolute Gasteiger partial charge is 0.0945 e. The summed E-state index contributed by atoms with van der Waals surface area (Å²) in [5.41, 5.74) is 1.12. The minimum atomic E-state index is 0.844. The number of nitrogens with zero attached hydrogens (tertiary/aromatic N) is 1. The molecule has 0 aromatic carbocycles. The van der Waals surface area contributed by atoms with Crippen molar-refractivity contribution in [3.8, 4) is 0 Å². The average Bonchev–Trinajstić information content (AvgIpc) is 2.33. The summed E-state index contributed by atoms with van der Waals surface area (Å²) in [5.74, 6) is 0. The molecule has 1 rings (SSSR count). The van der Waals surface area contributed by atoms with Crippen LogP contribution in [0.3, 0.4) is 0 Å². The molecule has 2 nitrogen and oxygen atoms in total. The zero-order valence-electron chi connectivity index (χ0n) is 6.65. The Morgan fingerprint density at radius 1 is 1.64 bits per heavy atom. The molecule has 0 radical (unpaired) electrons. The van der Waals surface area contributed by atoms with E-state index in [9.17, 15) is 0 Å². The summed E-state index contributed by atoms with van der Waals surface area (Å²) in [6.07, 6.45) is 1.02. The Balaban J connectivity index is 2.79. The first-order valence-corrected chi connectivity index (χ1v) is 5.17. The summed E-state index contributed by atoms with van der Waals surface area (Å²) in [4.78, 5) is 4.43. The van der Waals surface area contributed by atoms with Crippen LogP contribution in [0.4, 0.5) is 0 Å². The number of nitrogens with one attached hydrogen (secondary N) is 1. The van der Waals surface area contributed by atoms with Crippen molar-refractivity contribution < 1.29 is 0 Å². The molecule has 1 aromatic heterocycles. The predicted molar refractivity (Wildman–Crippen MR) is 52.0 cm³/mol. The number of aryl methyl sites for hydroxylation is 1. The quantitative estimate of drug-likeness (QED) is 0.868. The molecule has 0 saturated heterocycles. The van der Waals surface area contributed by atoms with Crippen molar-refractivity contribution in [2.24, 2.45) is 0 Å². The van der Waals surface area contributed by atoms with Crippen LogP contribution in [-0.2, 0) is 13.0 Å². The number of aromatic nitrogens is 1. The molecule has 0 atom stereocenters. The molecule has 0 fully saturated rings. The van der Waals surface area contributed by atoms with Gasteiger partial charge in [-0.2, -0.15) is 0 Å². The molecule has 0 spiro atoms. The lowest BCUT2D eigenvalue weighted by atomic mass is 10.5. The van der Waals surface area contributed by atoms with E-state index in [0.29, 0.717) is 0 Å². The second kappa shape index (κ2) is 4.18. The van der Waals surface area contributed by atoms with Crippen LogP contribution in [0.2, 0.25) is 0 Å². The van der Waals surface area contributed by atoms with Crippen LogP contribution in [0.5, 0.6) is 0 Å². The Labute approximate surface area is 79.2 Å². The summed E-state index contributed by atoms with van der Waals surface area (Å²) >= 11 is 5.19. The fraction of sp³-hybridized carbons (Fsp3) is 0.571. The highest BCUT2D eigenvalue weighted by Crippen LogP contribution is 2.24. The first-order chi connectivity index (χ1) is 5.27. The summed E-state index contributed by atoms with van der Waals surface area (Å²) in [6.45, 7) is 2.96. The first-order valence-electron chi connectivity index (χ1n) is 3.56. The Morgan fingerprint density at radius 3 is 2.82 bits per heavy atom. The second-order valence-corrected chi connectivity index (χ2v) is 4.61. The molecule has 11 heavy (non-hydrogen) atoms. The third kappa shape index (κ3) is 2.25. The molecule has 1 N–H and O–H groups in total. The summed E-state index contributed by atoms with van der Waals surface area (Å²) in [6, 6.07) is 0. The van der Waals surface area contributed by atoms with Crippen LogP contribution in [0.15, 0.2) is 3.79 Å². The highest BCUT2D eigenvalue weighted by molar-refractivity contribution is 9.11. The van der Waals surface area contributed by atoms with Gasteiger partial charge in [0.15, 0.2) is 0 Å². The predicted octanol–water partition coefficient (Wildman–Crippen LogP) is 2.19. The lowest BCUT2D eigenvalue weighted by Gasteiger charge is -1.92. The number of hydrogen-bond donors (Lipinski definition) is 1. The molecule has 0 amide bonds. The maximum Gasteiger partial charge on any atom is 0.0945 e. The third-order valence-corrected chi connectivity index (χ3v) is 3.31. The fourth-order valence-electron chi connectivity index (χ4n) is 0.807. The van der Waals surface area contributed by atoms with E-state index in [0.717, 1.165) is 22.4 Å². The van der Waals surface area contributed by atoms with E-state index in [1.165, 1.54) is 5.01 Å². The van der Waals surface area contributed by atoms with Gasteiger partial charge < -0.3 is 5.32 Å². The highest BCUT2D eigenvalue weighted by atomic mass is 79.9.